The molecule has 0 aromatic carbocycles. The van der Waals surface area contributed by atoms with Crippen LogP contribution in [0.2, 0.25) is 0 Å². The quantitative estimate of drug-likeness (QED) is 0.724. The van der Waals surface area contributed by atoms with E-state index in [4.69, 9.17) is 0 Å². The topological polar surface area (TPSA) is 17.8 Å². The average Bonchev–Trinajstić information content (AvgIpc) is 2.44. The standard InChI is InChI=1S/C10H18N2S/c1-4-6-12-7-9(3)10(11-12)8-13-5-2/h7H,4-6,8H2,1-3H3. The molecule has 0 bridgehead atoms. The molecule has 0 aliphatic heterocycles. The Morgan fingerprint density at radius 1 is 1.46 bits per heavy atom. The normalized spacial score (nSPS) is 10.7. The predicted octanol–water partition coefficient (Wildman–Crippen LogP) is 2.85. The lowest BCUT2D eigenvalue weighted by Gasteiger charge is -1.96. The number of thioether (sulfide) groups is 1. The minimum absolute atomic E-state index is 1.04. The number of rotatable bonds is 5. The van der Waals surface area contributed by atoms with Crippen LogP contribution in [0.3, 0.4) is 0 Å². The van der Waals surface area contributed by atoms with Crippen molar-refractivity contribution < 1.29 is 0 Å². The summed E-state index contributed by atoms with van der Waals surface area (Å²) in [5, 5.41) is 4.53. The Morgan fingerprint density at radius 2 is 2.23 bits per heavy atom. The summed E-state index contributed by atoms with van der Waals surface area (Å²) in [6.07, 6.45) is 3.30. The Balaban J connectivity index is 2.60. The van der Waals surface area contributed by atoms with E-state index in [1.165, 1.54) is 17.0 Å². The summed E-state index contributed by atoms with van der Waals surface area (Å²) in [6, 6.07) is 0. The maximum absolute atomic E-state index is 4.53. The van der Waals surface area contributed by atoms with E-state index in [-0.39, 0.29) is 0 Å². The van der Waals surface area contributed by atoms with Gasteiger partial charge in [-0.05, 0) is 24.7 Å². The van der Waals surface area contributed by atoms with Crippen LogP contribution in [-0.2, 0) is 12.3 Å². The number of aryl methyl sites for hydroxylation is 2. The summed E-state index contributed by atoms with van der Waals surface area (Å²) in [7, 11) is 0. The molecule has 0 spiro atoms. The first-order valence-electron chi connectivity index (χ1n) is 4.88. The highest BCUT2D eigenvalue weighted by molar-refractivity contribution is 7.98. The molecule has 0 saturated carbocycles. The van der Waals surface area contributed by atoms with Crippen molar-refractivity contribution in [3.63, 3.8) is 0 Å². The minimum atomic E-state index is 1.04. The summed E-state index contributed by atoms with van der Waals surface area (Å²) in [6.45, 7) is 7.54. The highest BCUT2D eigenvalue weighted by atomic mass is 32.2. The molecule has 1 rings (SSSR count). The zero-order chi connectivity index (χ0) is 9.68. The Labute approximate surface area is 84.7 Å². The van der Waals surface area contributed by atoms with E-state index < -0.39 is 0 Å². The summed E-state index contributed by atoms with van der Waals surface area (Å²) in [4.78, 5) is 0. The van der Waals surface area contributed by atoms with Crippen LogP contribution < -0.4 is 0 Å². The van der Waals surface area contributed by atoms with Gasteiger partial charge in [0.1, 0.15) is 0 Å². The molecular weight excluding hydrogens is 180 g/mol. The number of aromatic nitrogens is 2. The van der Waals surface area contributed by atoms with Crippen LogP contribution in [0.1, 0.15) is 31.5 Å². The van der Waals surface area contributed by atoms with E-state index in [2.05, 4.69) is 36.7 Å². The molecule has 0 atom stereocenters. The van der Waals surface area contributed by atoms with Gasteiger partial charge in [0.2, 0.25) is 0 Å². The van der Waals surface area contributed by atoms with Gasteiger partial charge in [-0.3, -0.25) is 4.68 Å². The van der Waals surface area contributed by atoms with E-state index >= 15 is 0 Å². The van der Waals surface area contributed by atoms with Crippen molar-refractivity contribution in [2.24, 2.45) is 0 Å². The van der Waals surface area contributed by atoms with Gasteiger partial charge in [-0.25, -0.2) is 0 Å². The lowest BCUT2D eigenvalue weighted by atomic mass is 10.3. The van der Waals surface area contributed by atoms with Crippen LogP contribution in [0, 0.1) is 6.92 Å². The van der Waals surface area contributed by atoms with Crippen molar-refractivity contribution in [3.05, 3.63) is 17.5 Å². The van der Waals surface area contributed by atoms with Crippen molar-refractivity contribution >= 4 is 11.8 Å². The Morgan fingerprint density at radius 3 is 2.85 bits per heavy atom. The first-order chi connectivity index (χ1) is 6.27. The largest absolute Gasteiger partial charge is 0.272 e. The number of nitrogens with zero attached hydrogens (tertiary/aromatic N) is 2. The SMILES string of the molecule is CCCn1cc(C)c(CSCC)n1. The third kappa shape index (κ3) is 3.07. The zero-order valence-electron chi connectivity index (χ0n) is 8.71. The fourth-order valence-electron chi connectivity index (χ4n) is 1.25. The highest BCUT2D eigenvalue weighted by Gasteiger charge is 2.03. The van der Waals surface area contributed by atoms with E-state index in [9.17, 15) is 0 Å². The van der Waals surface area contributed by atoms with Crippen molar-refractivity contribution in [3.8, 4) is 0 Å². The van der Waals surface area contributed by atoms with E-state index in [0.29, 0.717) is 0 Å². The van der Waals surface area contributed by atoms with Gasteiger partial charge in [-0.1, -0.05) is 13.8 Å². The van der Waals surface area contributed by atoms with Crippen LogP contribution in [0.4, 0.5) is 0 Å². The highest BCUT2D eigenvalue weighted by Crippen LogP contribution is 2.13. The first kappa shape index (κ1) is 10.6. The molecule has 0 aliphatic rings. The van der Waals surface area contributed by atoms with Gasteiger partial charge in [-0.2, -0.15) is 16.9 Å². The molecule has 0 amide bonds. The van der Waals surface area contributed by atoms with E-state index in [1.807, 2.05) is 11.8 Å². The zero-order valence-corrected chi connectivity index (χ0v) is 9.52. The molecule has 13 heavy (non-hydrogen) atoms. The van der Waals surface area contributed by atoms with Crippen LogP contribution in [-0.4, -0.2) is 15.5 Å². The number of hydrogen-bond donors (Lipinski definition) is 0. The Kier molecular flexibility index (Phi) is 4.36. The molecule has 1 aromatic rings. The van der Waals surface area contributed by atoms with Crippen molar-refractivity contribution in [1.29, 1.82) is 0 Å². The maximum Gasteiger partial charge on any atom is 0.0752 e. The van der Waals surface area contributed by atoms with Gasteiger partial charge in [-0.15, -0.1) is 0 Å². The monoisotopic (exact) mass is 198 g/mol. The van der Waals surface area contributed by atoms with Crippen LogP contribution >= 0.6 is 11.8 Å². The molecule has 0 radical (unpaired) electrons. The molecule has 1 aromatic heterocycles. The average molecular weight is 198 g/mol. The van der Waals surface area contributed by atoms with Crippen molar-refractivity contribution in [2.45, 2.75) is 39.5 Å². The molecule has 0 aliphatic carbocycles. The molecule has 1 heterocycles. The molecule has 74 valence electrons. The summed E-state index contributed by atoms with van der Waals surface area (Å²) in [5.41, 5.74) is 2.58. The summed E-state index contributed by atoms with van der Waals surface area (Å²) < 4.78 is 2.06. The van der Waals surface area contributed by atoms with Gasteiger partial charge in [0, 0.05) is 18.5 Å². The minimum Gasteiger partial charge on any atom is -0.272 e. The molecule has 0 N–H and O–H groups in total. The third-order valence-electron chi connectivity index (χ3n) is 1.94. The van der Waals surface area contributed by atoms with Crippen LogP contribution in [0.5, 0.6) is 0 Å². The molecule has 2 nitrogen and oxygen atoms in total. The summed E-state index contributed by atoms with van der Waals surface area (Å²) >= 11 is 1.93. The van der Waals surface area contributed by atoms with Gasteiger partial charge >= 0.3 is 0 Å². The van der Waals surface area contributed by atoms with Gasteiger partial charge in [0.05, 0.1) is 5.69 Å². The lowest BCUT2D eigenvalue weighted by Crippen LogP contribution is -1.97. The van der Waals surface area contributed by atoms with E-state index in [0.717, 1.165) is 18.7 Å². The molecule has 0 unspecified atom stereocenters. The molecular formula is C10H18N2S. The maximum atomic E-state index is 4.53. The fourth-order valence-corrected chi connectivity index (χ4v) is 1.93. The smallest absolute Gasteiger partial charge is 0.0752 e. The Bertz CT molecular complexity index is 255. The van der Waals surface area contributed by atoms with Crippen LogP contribution in [0.15, 0.2) is 6.20 Å². The molecule has 3 heteroatoms. The van der Waals surface area contributed by atoms with Gasteiger partial charge < -0.3 is 0 Å². The fraction of sp³-hybridized carbons (Fsp3) is 0.700. The second-order valence-electron chi connectivity index (χ2n) is 3.16. The van der Waals surface area contributed by atoms with Crippen molar-refractivity contribution in [2.75, 3.05) is 5.75 Å². The van der Waals surface area contributed by atoms with Gasteiger partial charge in [0.15, 0.2) is 0 Å². The van der Waals surface area contributed by atoms with Gasteiger partial charge in [0.25, 0.3) is 0 Å². The van der Waals surface area contributed by atoms with E-state index in [1.54, 1.807) is 0 Å². The van der Waals surface area contributed by atoms with Crippen LogP contribution in [0.25, 0.3) is 0 Å². The number of hydrogen-bond acceptors (Lipinski definition) is 2. The molecule has 0 fully saturated rings. The van der Waals surface area contributed by atoms with Crippen molar-refractivity contribution in [1.82, 2.24) is 9.78 Å². The second kappa shape index (κ2) is 5.32. The lowest BCUT2D eigenvalue weighted by molar-refractivity contribution is 0.597. The predicted molar refractivity (Wildman–Crippen MR) is 59.1 cm³/mol. The Hall–Kier alpha value is -0.440. The second-order valence-corrected chi connectivity index (χ2v) is 4.43. The molecule has 0 saturated heterocycles. The third-order valence-corrected chi connectivity index (χ3v) is 2.83. The first-order valence-corrected chi connectivity index (χ1v) is 6.04. The summed E-state index contributed by atoms with van der Waals surface area (Å²) in [5.74, 6) is 2.22.